The molecule has 0 radical (unpaired) electrons. The molecule has 1 saturated carbocycles. The monoisotopic (exact) mass is 237 g/mol. The number of ketones is 2. The summed E-state index contributed by atoms with van der Waals surface area (Å²) in [5, 5.41) is 0. The van der Waals surface area contributed by atoms with Gasteiger partial charge >= 0.3 is 0 Å². The lowest BCUT2D eigenvalue weighted by Gasteiger charge is -2.36. The molecule has 1 saturated heterocycles. The summed E-state index contributed by atoms with van der Waals surface area (Å²) in [7, 11) is 0. The molecule has 0 bridgehead atoms. The Morgan fingerprint density at radius 2 is 1.94 bits per heavy atom. The molecule has 2 fully saturated rings. The highest BCUT2D eigenvalue weighted by Crippen LogP contribution is 2.24. The molecule has 0 N–H and O–H groups in total. The summed E-state index contributed by atoms with van der Waals surface area (Å²) in [5.41, 5.74) is 0. The van der Waals surface area contributed by atoms with Crippen LogP contribution < -0.4 is 0 Å². The zero-order valence-electron chi connectivity index (χ0n) is 10.8. The highest BCUT2D eigenvalue weighted by atomic mass is 16.1. The van der Waals surface area contributed by atoms with Gasteiger partial charge in [-0.25, -0.2) is 0 Å². The Kier molecular flexibility index (Phi) is 4.32. The van der Waals surface area contributed by atoms with Gasteiger partial charge in [-0.05, 0) is 19.3 Å². The number of piperidine rings is 1. The van der Waals surface area contributed by atoms with Crippen molar-refractivity contribution in [2.24, 2.45) is 5.92 Å². The quantitative estimate of drug-likeness (QED) is 0.691. The van der Waals surface area contributed by atoms with Crippen LogP contribution in [0.2, 0.25) is 0 Å². The predicted octanol–water partition coefficient (Wildman–Crippen LogP) is 2.19. The summed E-state index contributed by atoms with van der Waals surface area (Å²) in [6, 6.07) is 0.111. The van der Waals surface area contributed by atoms with Gasteiger partial charge in [0, 0.05) is 31.8 Å². The maximum Gasteiger partial charge on any atom is 0.149 e. The highest BCUT2D eigenvalue weighted by molar-refractivity contribution is 5.85. The van der Waals surface area contributed by atoms with Crippen molar-refractivity contribution in [3.8, 4) is 0 Å². The summed E-state index contributed by atoms with van der Waals surface area (Å²) < 4.78 is 0. The number of Topliss-reactive ketones (excluding diaryl/α,β-unsaturated/α-hetero) is 2. The molecule has 0 aromatic heterocycles. The lowest BCUT2D eigenvalue weighted by atomic mass is 9.91. The normalized spacial score (nSPS) is 32.5. The summed E-state index contributed by atoms with van der Waals surface area (Å²) in [4.78, 5) is 26.0. The molecule has 2 aliphatic rings. The second-order valence-electron chi connectivity index (χ2n) is 5.40. The van der Waals surface area contributed by atoms with Gasteiger partial charge in [-0.3, -0.25) is 14.5 Å². The van der Waals surface area contributed by atoms with E-state index in [9.17, 15) is 9.59 Å². The van der Waals surface area contributed by atoms with E-state index in [-0.39, 0.29) is 12.0 Å². The lowest BCUT2D eigenvalue weighted by molar-refractivity contribution is -0.131. The fourth-order valence-electron chi connectivity index (χ4n) is 3.10. The first-order valence-corrected chi connectivity index (χ1v) is 7.02. The van der Waals surface area contributed by atoms with E-state index >= 15 is 0 Å². The van der Waals surface area contributed by atoms with Gasteiger partial charge < -0.3 is 0 Å². The number of carbonyl (C=O) groups excluding carboxylic acids is 2. The van der Waals surface area contributed by atoms with Gasteiger partial charge in [-0.15, -0.1) is 0 Å². The minimum atomic E-state index is 0.111. The molecule has 2 rings (SSSR count). The first-order valence-electron chi connectivity index (χ1n) is 7.02. The molecule has 3 nitrogen and oxygen atoms in total. The van der Waals surface area contributed by atoms with Gasteiger partial charge in [0.15, 0.2) is 0 Å². The van der Waals surface area contributed by atoms with E-state index in [4.69, 9.17) is 0 Å². The first-order chi connectivity index (χ1) is 8.22. The van der Waals surface area contributed by atoms with Gasteiger partial charge in [-0.1, -0.05) is 19.8 Å². The number of nitrogens with zero attached hydrogens (tertiary/aromatic N) is 1. The molecular formula is C14H23NO2. The van der Waals surface area contributed by atoms with Crippen molar-refractivity contribution >= 4 is 11.6 Å². The Balaban J connectivity index is 2.00. The van der Waals surface area contributed by atoms with E-state index in [0.717, 1.165) is 45.2 Å². The molecule has 0 spiro atoms. The predicted molar refractivity (Wildman–Crippen MR) is 66.9 cm³/mol. The molecule has 17 heavy (non-hydrogen) atoms. The van der Waals surface area contributed by atoms with Crippen molar-refractivity contribution in [1.29, 1.82) is 0 Å². The van der Waals surface area contributed by atoms with Crippen molar-refractivity contribution in [2.75, 3.05) is 13.1 Å². The van der Waals surface area contributed by atoms with Crippen LogP contribution in [0.4, 0.5) is 0 Å². The van der Waals surface area contributed by atoms with Crippen molar-refractivity contribution in [2.45, 2.75) is 57.9 Å². The molecule has 96 valence electrons. The average molecular weight is 237 g/mol. The molecular weight excluding hydrogens is 214 g/mol. The standard InChI is InChI=1S/C14H23NO2/c1-2-11-10-15(9-8-13(11)16)12-6-4-3-5-7-14(12)17/h11-12H,2-10H2,1H3. The Hall–Kier alpha value is -0.700. The van der Waals surface area contributed by atoms with Crippen LogP contribution in [0.15, 0.2) is 0 Å². The number of hydrogen-bond acceptors (Lipinski definition) is 3. The third-order valence-electron chi connectivity index (χ3n) is 4.26. The molecule has 0 amide bonds. The largest absolute Gasteiger partial charge is 0.299 e. The number of hydrogen-bond donors (Lipinski definition) is 0. The molecule has 2 unspecified atom stereocenters. The Morgan fingerprint density at radius 1 is 1.12 bits per heavy atom. The molecule has 1 aliphatic heterocycles. The fourth-order valence-corrected chi connectivity index (χ4v) is 3.10. The molecule has 1 aliphatic carbocycles. The minimum absolute atomic E-state index is 0.111. The van der Waals surface area contributed by atoms with E-state index in [0.29, 0.717) is 18.0 Å². The van der Waals surface area contributed by atoms with Crippen LogP contribution >= 0.6 is 0 Å². The van der Waals surface area contributed by atoms with Gasteiger partial charge in [-0.2, -0.15) is 0 Å². The Labute approximate surface area is 104 Å². The van der Waals surface area contributed by atoms with E-state index < -0.39 is 0 Å². The van der Waals surface area contributed by atoms with E-state index in [1.807, 2.05) is 0 Å². The third-order valence-corrected chi connectivity index (χ3v) is 4.26. The second-order valence-corrected chi connectivity index (χ2v) is 5.40. The summed E-state index contributed by atoms with van der Waals surface area (Å²) >= 11 is 0. The zero-order chi connectivity index (χ0) is 12.3. The molecule has 0 aromatic carbocycles. The van der Waals surface area contributed by atoms with Crippen molar-refractivity contribution in [1.82, 2.24) is 4.90 Å². The van der Waals surface area contributed by atoms with Gasteiger partial charge in [0.2, 0.25) is 0 Å². The SMILES string of the molecule is CCC1CN(C2CCCCCC2=O)CCC1=O. The fraction of sp³-hybridized carbons (Fsp3) is 0.857. The van der Waals surface area contributed by atoms with E-state index in [1.165, 1.54) is 6.42 Å². The Bertz CT molecular complexity index is 301. The van der Waals surface area contributed by atoms with Crippen LogP contribution in [0, 0.1) is 5.92 Å². The van der Waals surface area contributed by atoms with E-state index in [2.05, 4.69) is 11.8 Å². The summed E-state index contributed by atoms with van der Waals surface area (Å²) in [5.74, 6) is 0.969. The van der Waals surface area contributed by atoms with Gasteiger partial charge in [0.05, 0.1) is 6.04 Å². The molecule has 1 heterocycles. The smallest absolute Gasteiger partial charge is 0.149 e. The van der Waals surface area contributed by atoms with Crippen LogP contribution in [-0.2, 0) is 9.59 Å². The molecule has 0 aromatic rings. The van der Waals surface area contributed by atoms with Crippen molar-refractivity contribution in [3.05, 3.63) is 0 Å². The first kappa shape index (κ1) is 12.7. The van der Waals surface area contributed by atoms with Crippen molar-refractivity contribution < 1.29 is 9.59 Å². The molecule has 2 atom stereocenters. The van der Waals surface area contributed by atoms with Crippen LogP contribution in [-0.4, -0.2) is 35.6 Å². The minimum Gasteiger partial charge on any atom is -0.299 e. The Morgan fingerprint density at radius 3 is 2.71 bits per heavy atom. The topological polar surface area (TPSA) is 37.4 Å². The average Bonchev–Trinajstić information content (AvgIpc) is 2.55. The van der Waals surface area contributed by atoms with Crippen LogP contribution in [0.1, 0.15) is 51.9 Å². The number of rotatable bonds is 2. The van der Waals surface area contributed by atoms with Gasteiger partial charge in [0.25, 0.3) is 0 Å². The van der Waals surface area contributed by atoms with Gasteiger partial charge in [0.1, 0.15) is 11.6 Å². The zero-order valence-corrected chi connectivity index (χ0v) is 10.8. The highest BCUT2D eigenvalue weighted by Gasteiger charge is 2.33. The number of carbonyl (C=O) groups is 2. The van der Waals surface area contributed by atoms with E-state index in [1.54, 1.807) is 0 Å². The maximum atomic E-state index is 12.1. The molecule has 3 heteroatoms. The third kappa shape index (κ3) is 2.95. The maximum absolute atomic E-state index is 12.1. The second kappa shape index (κ2) is 5.76. The van der Waals surface area contributed by atoms with Crippen molar-refractivity contribution in [3.63, 3.8) is 0 Å². The summed E-state index contributed by atoms with van der Waals surface area (Å²) in [6.07, 6.45) is 6.71. The van der Waals surface area contributed by atoms with Crippen LogP contribution in [0.3, 0.4) is 0 Å². The number of likely N-dealkylation sites (tertiary alicyclic amines) is 1. The van der Waals surface area contributed by atoms with Crippen LogP contribution in [0.5, 0.6) is 0 Å². The summed E-state index contributed by atoms with van der Waals surface area (Å²) in [6.45, 7) is 3.68. The van der Waals surface area contributed by atoms with Crippen LogP contribution in [0.25, 0.3) is 0 Å². The lowest BCUT2D eigenvalue weighted by Crippen LogP contribution is -2.49.